The van der Waals surface area contributed by atoms with E-state index in [1.807, 2.05) is 4.90 Å². The molecule has 0 bridgehead atoms. The van der Waals surface area contributed by atoms with Gasteiger partial charge in [0.05, 0.1) is 11.7 Å². The highest BCUT2D eigenvalue weighted by Crippen LogP contribution is 2.38. The molecule has 2 aliphatic rings. The van der Waals surface area contributed by atoms with E-state index in [1.54, 1.807) is 18.2 Å². The molecule has 3 N–H and O–H groups in total. The Hall–Kier alpha value is -1.07. The maximum absolute atomic E-state index is 12.5. The number of likely N-dealkylation sites (tertiary alicyclic amines) is 1. The Morgan fingerprint density at radius 3 is 2.89 bits per heavy atom. The predicted molar refractivity (Wildman–Crippen MR) is 76.7 cm³/mol. The van der Waals surface area contributed by atoms with Crippen molar-refractivity contribution in [1.29, 1.82) is 0 Å². The second-order valence-electron chi connectivity index (χ2n) is 5.52. The number of nitrogen functional groups attached to an aromatic ring is 1. The molecule has 3 unspecified atom stereocenters. The van der Waals surface area contributed by atoms with Crippen LogP contribution >= 0.6 is 15.9 Å². The SMILES string of the molecule is Nc1ccc(Br)c(C(=O)N2CC3CCC(O)C3C2)c1. The fourth-order valence-corrected chi connectivity index (χ4v) is 3.70. The molecule has 1 saturated carbocycles. The molecule has 1 heterocycles. The zero-order valence-corrected chi connectivity index (χ0v) is 12.1. The fourth-order valence-electron chi connectivity index (χ4n) is 3.28. The first-order valence-electron chi connectivity index (χ1n) is 6.58. The molecule has 2 fully saturated rings. The summed E-state index contributed by atoms with van der Waals surface area (Å²) in [5.74, 6) is 0.711. The Morgan fingerprint density at radius 1 is 1.37 bits per heavy atom. The zero-order chi connectivity index (χ0) is 13.6. The summed E-state index contributed by atoms with van der Waals surface area (Å²) in [5.41, 5.74) is 6.94. The molecule has 0 aromatic heterocycles. The van der Waals surface area contributed by atoms with Gasteiger partial charge >= 0.3 is 0 Å². The fraction of sp³-hybridized carbons (Fsp3) is 0.500. The maximum atomic E-state index is 12.5. The van der Waals surface area contributed by atoms with E-state index >= 15 is 0 Å². The van der Waals surface area contributed by atoms with E-state index in [-0.39, 0.29) is 17.9 Å². The molecule has 0 spiro atoms. The summed E-state index contributed by atoms with van der Waals surface area (Å²) < 4.78 is 0.768. The molecular formula is C14H17BrN2O2. The van der Waals surface area contributed by atoms with Gasteiger partial charge in [-0.05, 0) is 52.9 Å². The van der Waals surface area contributed by atoms with E-state index < -0.39 is 0 Å². The van der Waals surface area contributed by atoms with Crippen LogP contribution in [0.3, 0.4) is 0 Å². The number of aliphatic hydroxyl groups is 1. The predicted octanol–water partition coefficient (Wildman–Crippen LogP) is 1.87. The van der Waals surface area contributed by atoms with Crippen molar-refractivity contribution in [1.82, 2.24) is 4.90 Å². The molecule has 5 heteroatoms. The number of benzene rings is 1. The highest BCUT2D eigenvalue weighted by molar-refractivity contribution is 9.10. The first kappa shape index (κ1) is 12.9. The second-order valence-corrected chi connectivity index (χ2v) is 6.37. The molecule has 3 rings (SSSR count). The number of anilines is 1. The number of halogens is 1. The van der Waals surface area contributed by atoms with Crippen LogP contribution < -0.4 is 5.73 Å². The number of fused-ring (bicyclic) bond motifs is 1. The van der Waals surface area contributed by atoms with Crippen molar-refractivity contribution in [2.24, 2.45) is 11.8 Å². The smallest absolute Gasteiger partial charge is 0.255 e. The summed E-state index contributed by atoms with van der Waals surface area (Å²) >= 11 is 3.40. The summed E-state index contributed by atoms with van der Waals surface area (Å²) in [6.45, 7) is 1.41. The van der Waals surface area contributed by atoms with Gasteiger partial charge in [0.1, 0.15) is 0 Å². The molecule has 3 atom stereocenters. The number of hydrogen-bond acceptors (Lipinski definition) is 3. The van der Waals surface area contributed by atoms with Crippen molar-refractivity contribution in [3.63, 3.8) is 0 Å². The quantitative estimate of drug-likeness (QED) is 0.775. The van der Waals surface area contributed by atoms with Crippen LogP contribution in [0.25, 0.3) is 0 Å². The number of amides is 1. The highest BCUT2D eigenvalue weighted by atomic mass is 79.9. The molecule has 4 nitrogen and oxygen atoms in total. The molecule has 1 amide bonds. The number of aliphatic hydroxyl groups excluding tert-OH is 1. The maximum Gasteiger partial charge on any atom is 0.255 e. The average Bonchev–Trinajstić information content (AvgIpc) is 2.94. The van der Waals surface area contributed by atoms with Gasteiger partial charge in [-0.1, -0.05) is 0 Å². The van der Waals surface area contributed by atoms with Crippen LogP contribution in [0.5, 0.6) is 0 Å². The van der Waals surface area contributed by atoms with Gasteiger partial charge in [0.2, 0.25) is 0 Å². The average molecular weight is 325 g/mol. The number of nitrogens with two attached hydrogens (primary N) is 1. The lowest BCUT2D eigenvalue weighted by molar-refractivity contribution is 0.0751. The summed E-state index contributed by atoms with van der Waals surface area (Å²) in [7, 11) is 0. The molecule has 1 aromatic carbocycles. The van der Waals surface area contributed by atoms with Crippen LogP contribution in [0, 0.1) is 11.8 Å². The van der Waals surface area contributed by atoms with Crippen LogP contribution in [0.1, 0.15) is 23.2 Å². The van der Waals surface area contributed by atoms with Crippen LogP contribution in [0.15, 0.2) is 22.7 Å². The zero-order valence-electron chi connectivity index (χ0n) is 10.6. The number of nitrogens with zero attached hydrogens (tertiary/aromatic N) is 1. The minimum Gasteiger partial charge on any atom is -0.399 e. The van der Waals surface area contributed by atoms with Gasteiger partial charge in [-0.2, -0.15) is 0 Å². The van der Waals surface area contributed by atoms with Crippen LogP contribution in [0.2, 0.25) is 0 Å². The van der Waals surface area contributed by atoms with E-state index in [1.165, 1.54) is 0 Å². The Morgan fingerprint density at radius 2 is 2.16 bits per heavy atom. The van der Waals surface area contributed by atoms with Crippen LogP contribution in [-0.4, -0.2) is 35.1 Å². The van der Waals surface area contributed by atoms with Crippen molar-refractivity contribution in [2.75, 3.05) is 18.8 Å². The minimum atomic E-state index is -0.243. The number of carbonyl (C=O) groups is 1. The van der Waals surface area contributed by atoms with Gasteiger partial charge in [-0.15, -0.1) is 0 Å². The Kier molecular flexibility index (Phi) is 3.27. The van der Waals surface area contributed by atoms with Gasteiger partial charge in [-0.3, -0.25) is 4.79 Å². The first-order valence-corrected chi connectivity index (χ1v) is 7.38. The van der Waals surface area contributed by atoms with Gasteiger partial charge < -0.3 is 15.7 Å². The summed E-state index contributed by atoms with van der Waals surface area (Å²) in [6, 6.07) is 5.27. The molecule has 19 heavy (non-hydrogen) atoms. The monoisotopic (exact) mass is 324 g/mol. The van der Waals surface area contributed by atoms with Crippen molar-refractivity contribution in [3.05, 3.63) is 28.2 Å². The van der Waals surface area contributed by atoms with E-state index in [0.29, 0.717) is 23.7 Å². The molecule has 1 aliphatic carbocycles. The van der Waals surface area contributed by atoms with Crippen molar-refractivity contribution in [3.8, 4) is 0 Å². The lowest BCUT2D eigenvalue weighted by Crippen LogP contribution is -2.31. The largest absolute Gasteiger partial charge is 0.399 e. The van der Waals surface area contributed by atoms with Gasteiger partial charge in [0.15, 0.2) is 0 Å². The second kappa shape index (κ2) is 4.80. The molecule has 1 aliphatic heterocycles. The van der Waals surface area contributed by atoms with E-state index in [9.17, 15) is 9.90 Å². The van der Waals surface area contributed by atoms with E-state index in [2.05, 4.69) is 15.9 Å². The van der Waals surface area contributed by atoms with Gasteiger partial charge in [0.25, 0.3) is 5.91 Å². The highest BCUT2D eigenvalue weighted by Gasteiger charge is 2.43. The standard InChI is InChI=1S/C14H17BrN2O2/c15-12-3-2-9(16)5-10(12)14(19)17-6-8-1-4-13(18)11(8)7-17/h2-3,5,8,11,13,18H,1,4,6-7,16H2. The third-order valence-corrected chi connectivity index (χ3v) is 5.02. The summed E-state index contributed by atoms with van der Waals surface area (Å²) in [5, 5.41) is 9.90. The molecule has 1 saturated heterocycles. The number of hydrogen-bond donors (Lipinski definition) is 2. The Labute approximate surface area is 120 Å². The minimum absolute atomic E-state index is 0.000718. The Bertz CT molecular complexity index is 520. The van der Waals surface area contributed by atoms with Gasteiger partial charge in [0, 0.05) is 29.2 Å². The van der Waals surface area contributed by atoms with Crippen LogP contribution in [-0.2, 0) is 0 Å². The number of carbonyl (C=O) groups excluding carboxylic acids is 1. The topological polar surface area (TPSA) is 66.6 Å². The van der Waals surface area contributed by atoms with Gasteiger partial charge in [-0.25, -0.2) is 0 Å². The molecule has 1 aromatic rings. The van der Waals surface area contributed by atoms with Crippen LogP contribution in [0.4, 0.5) is 5.69 Å². The Balaban J connectivity index is 1.80. The third kappa shape index (κ3) is 2.25. The first-order chi connectivity index (χ1) is 9.06. The number of rotatable bonds is 1. The third-order valence-electron chi connectivity index (χ3n) is 4.33. The van der Waals surface area contributed by atoms with Crippen molar-refractivity contribution in [2.45, 2.75) is 18.9 Å². The molecule has 0 radical (unpaired) electrons. The lowest BCUT2D eigenvalue weighted by Gasteiger charge is -2.19. The molecule has 102 valence electrons. The normalized spacial score (nSPS) is 29.6. The summed E-state index contributed by atoms with van der Waals surface area (Å²) in [6.07, 6.45) is 1.65. The summed E-state index contributed by atoms with van der Waals surface area (Å²) in [4.78, 5) is 14.4. The lowest BCUT2D eigenvalue weighted by atomic mass is 10.00. The van der Waals surface area contributed by atoms with E-state index in [4.69, 9.17) is 5.73 Å². The molecular weight excluding hydrogens is 308 g/mol. The van der Waals surface area contributed by atoms with E-state index in [0.717, 1.165) is 23.9 Å². The van der Waals surface area contributed by atoms with Crippen molar-refractivity contribution >= 4 is 27.5 Å². The van der Waals surface area contributed by atoms with Crippen molar-refractivity contribution < 1.29 is 9.90 Å².